The summed E-state index contributed by atoms with van der Waals surface area (Å²) in [6.07, 6.45) is 4.34. The van der Waals surface area contributed by atoms with E-state index in [1.165, 1.54) is 0 Å². The molecule has 2 aromatic carbocycles. The number of primary amides is 1. The Morgan fingerprint density at radius 2 is 1.88 bits per heavy atom. The molecule has 204 valence electrons. The van der Waals surface area contributed by atoms with Crippen molar-refractivity contribution in [2.24, 2.45) is 12.8 Å². The molecule has 3 aromatic heterocycles. The molecule has 40 heavy (non-hydrogen) atoms. The number of nitrogens with zero attached hydrogens (tertiary/aromatic N) is 4. The van der Waals surface area contributed by atoms with E-state index < -0.39 is 5.91 Å². The van der Waals surface area contributed by atoms with E-state index in [0.29, 0.717) is 11.2 Å². The summed E-state index contributed by atoms with van der Waals surface area (Å²) in [4.78, 5) is 24.4. The van der Waals surface area contributed by atoms with Crippen LogP contribution in [0.25, 0.3) is 16.5 Å². The molecule has 10 nitrogen and oxygen atoms in total. The standard InChI is InChI=1S/C23H19N3O.C7H13N5O/c1-3-20-14-19-9-7-8-18(13-12-17-15-24-25(2)16-17)22(19)23(27)26(20)21-10-5-4-6-11-21;1-3(2)10-7-4(6(9)13)5(8)11-12-7/h4-11,14-16H,3H2,1-2H3;3H,1-2H3,(H2,9,13)(H4,8,10,11,12). The van der Waals surface area contributed by atoms with E-state index in [9.17, 15) is 9.59 Å². The van der Waals surface area contributed by atoms with Gasteiger partial charge in [0.15, 0.2) is 5.82 Å². The first-order chi connectivity index (χ1) is 19.2. The number of anilines is 2. The molecule has 1 amide bonds. The summed E-state index contributed by atoms with van der Waals surface area (Å²) < 4.78 is 3.50. The number of benzene rings is 2. The highest BCUT2D eigenvalue weighted by Gasteiger charge is 2.16. The van der Waals surface area contributed by atoms with Crippen LogP contribution in [0.4, 0.5) is 11.6 Å². The zero-order valence-electron chi connectivity index (χ0n) is 22.9. The average Bonchev–Trinajstić information content (AvgIpc) is 3.51. The van der Waals surface area contributed by atoms with E-state index in [1.54, 1.807) is 15.4 Å². The lowest BCUT2D eigenvalue weighted by Gasteiger charge is -2.14. The van der Waals surface area contributed by atoms with Gasteiger partial charge in [0.1, 0.15) is 11.4 Å². The van der Waals surface area contributed by atoms with E-state index in [1.807, 2.05) is 75.6 Å². The second kappa shape index (κ2) is 12.0. The monoisotopic (exact) mass is 536 g/mol. The van der Waals surface area contributed by atoms with E-state index in [2.05, 4.69) is 45.4 Å². The number of fused-ring (bicyclic) bond motifs is 1. The number of hydrogen-bond donors (Lipinski definition) is 4. The summed E-state index contributed by atoms with van der Waals surface area (Å²) in [6, 6.07) is 17.8. The number of nitrogens with two attached hydrogens (primary N) is 2. The Bertz CT molecular complexity index is 1770. The molecular formula is C30H32N8O2. The van der Waals surface area contributed by atoms with Crippen LogP contribution in [0.15, 0.2) is 71.8 Å². The van der Waals surface area contributed by atoms with Gasteiger partial charge in [-0.15, -0.1) is 0 Å². The van der Waals surface area contributed by atoms with Gasteiger partial charge in [0.2, 0.25) is 0 Å². The van der Waals surface area contributed by atoms with Gasteiger partial charge in [-0.05, 0) is 49.9 Å². The topological polar surface area (TPSA) is 150 Å². The van der Waals surface area contributed by atoms with E-state index in [4.69, 9.17) is 11.5 Å². The quantitative estimate of drug-likeness (QED) is 0.252. The number of pyridine rings is 1. The van der Waals surface area contributed by atoms with Gasteiger partial charge < -0.3 is 16.8 Å². The molecule has 0 aliphatic heterocycles. The van der Waals surface area contributed by atoms with Crippen molar-refractivity contribution in [2.45, 2.75) is 33.2 Å². The fourth-order valence-corrected chi connectivity index (χ4v) is 4.25. The molecule has 6 N–H and O–H groups in total. The predicted octanol–water partition coefficient (Wildman–Crippen LogP) is 3.60. The van der Waals surface area contributed by atoms with Crippen molar-refractivity contribution >= 4 is 28.3 Å². The molecule has 0 fully saturated rings. The first-order valence-electron chi connectivity index (χ1n) is 12.8. The number of hydrogen-bond acceptors (Lipinski definition) is 6. The second-order valence-corrected chi connectivity index (χ2v) is 9.41. The largest absolute Gasteiger partial charge is 0.383 e. The Morgan fingerprint density at radius 3 is 2.50 bits per heavy atom. The van der Waals surface area contributed by atoms with Gasteiger partial charge in [-0.25, -0.2) is 0 Å². The summed E-state index contributed by atoms with van der Waals surface area (Å²) in [6.45, 7) is 5.91. The smallest absolute Gasteiger partial charge is 0.264 e. The Kier molecular flexibility index (Phi) is 8.35. The molecule has 0 atom stereocenters. The summed E-state index contributed by atoms with van der Waals surface area (Å²) in [7, 11) is 1.86. The van der Waals surface area contributed by atoms with Crippen LogP contribution in [0, 0.1) is 11.8 Å². The number of aromatic nitrogens is 5. The van der Waals surface area contributed by atoms with Crippen LogP contribution in [-0.2, 0) is 13.5 Å². The molecule has 0 saturated carbocycles. The maximum Gasteiger partial charge on any atom is 0.264 e. The van der Waals surface area contributed by atoms with Crippen molar-refractivity contribution in [2.75, 3.05) is 11.1 Å². The third kappa shape index (κ3) is 6.05. The number of para-hydroxylation sites is 1. The minimum absolute atomic E-state index is 0.0355. The van der Waals surface area contributed by atoms with Gasteiger partial charge in [-0.1, -0.05) is 49.1 Å². The summed E-state index contributed by atoms with van der Waals surface area (Å²) in [5.41, 5.74) is 14.2. The number of amides is 1. The van der Waals surface area contributed by atoms with Crippen molar-refractivity contribution in [1.82, 2.24) is 24.5 Å². The molecular weight excluding hydrogens is 504 g/mol. The number of rotatable bonds is 5. The lowest BCUT2D eigenvalue weighted by atomic mass is 10.0. The van der Waals surface area contributed by atoms with Crippen LogP contribution in [0.1, 0.15) is 48.0 Å². The Labute approximate surface area is 232 Å². The number of nitrogens with one attached hydrogen (secondary N) is 2. The fourth-order valence-electron chi connectivity index (χ4n) is 4.25. The molecule has 0 spiro atoms. The van der Waals surface area contributed by atoms with Crippen molar-refractivity contribution in [1.29, 1.82) is 0 Å². The van der Waals surface area contributed by atoms with Crippen LogP contribution in [0.3, 0.4) is 0 Å². The third-order valence-electron chi connectivity index (χ3n) is 6.01. The maximum atomic E-state index is 13.4. The van der Waals surface area contributed by atoms with Gasteiger partial charge in [-0.3, -0.25) is 23.9 Å². The van der Waals surface area contributed by atoms with Crippen molar-refractivity contribution < 1.29 is 4.79 Å². The lowest BCUT2D eigenvalue weighted by molar-refractivity contribution is 0.100. The first kappa shape index (κ1) is 27.7. The minimum atomic E-state index is -0.589. The van der Waals surface area contributed by atoms with Crippen molar-refractivity contribution in [3.05, 3.63) is 99.7 Å². The molecule has 0 aliphatic rings. The molecule has 5 rings (SSSR count). The zero-order chi connectivity index (χ0) is 28.8. The summed E-state index contributed by atoms with van der Waals surface area (Å²) in [5.74, 6) is 6.27. The van der Waals surface area contributed by atoms with Crippen LogP contribution >= 0.6 is 0 Å². The van der Waals surface area contributed by atoms with Crippen molar-refractivity contribution in [3.8, 4) is 17.5 Å². The minimum Gasteiger partial charge on any atom is -0.383 e. The zero-order valence-corrected chi connectivity index (χ0v) is 22.9. The van der Waals surface area contributed by atoms with E-state index in [0.717, 1.165) is 34.3 Å². The second-order valence-electron chi connectivity index (χ2n) is 9.41. The number of carbonyl (C=O) groups excluding carboxylic acids is 1. The third-order valence-corrected chi connectivity index (χ3v) is 6.01. The normalized spacial score (nSPS) is 10.5. The van der Waals surface area contributed by atoms with Crippen LogP contribution in [-0.4, -0.2) is 36.5 Å². The molecule has 0 unspecified atom stereocenters. The summed E-state index contributed by atoms with van der Waals surface area (Å²) >= 11 is 0. The SMILES string of the molecule is CC(C)Nc1n[nH]c(N)c1C(N)=O.CCc1cc2cccc(C#Cc3cnn(C)c3)c2c(=O)n1-c1ccccc1. The number of aromatic amines is 1. The maximum absolute atomic E-state index is 13.4. The molecule has 0 aliphatic carbocycles. The van der Waals surface area contributed by atoms with Crippen molar-refractivity contribution in [3.63, 3.8) is 0 Å². The highest BCUT2D eigenvalue weighted by molar-refractivity contribution is 6.02. The Balaban J connectivity index is 0.000000240. The molecule has 0 radical (unpaired) electrons. The first-order valence-corrected chi connectivity index (χ1v) is 12.8. The Hall–Kier alpha value is -5.30. The van der Waals surface area contributed by atoms with Crippen LogP contribution in [0.5, 0.6) is 0 Å². The van der Waals surface area contributed by atoms with E-state index in [-0.39, 0.29) is 23.0 Å². The molecule has 0 saturated heterocycles. The molecule has 0 bridgehead atoms. The molecule has 3 heterocycles. The molecule has 10 heteroatoms. The van der Waals surface area contributed by atoms with E-state index >= 15 is 0 Å². The van der Waals surface area contributed by atoms with Crippen LogP contribution in [0.2, 0.25) is 0 Å². The number of nitrogen functional groups attached to an aromatic ring is 1. The number of H-pyrrole nitrogens is 1. The average molecular weight is 537 g/mol. The van der Waals surface area contributed by atoms with Gasteiger partial charge in [0, 0.05) is 36.2 Å². The number of carbonyl (C=O) groups is 1. The number of aryl methyl sites for hydroxylation is 2. The van der Waals surface area contributed by atoms with Crippen LogP contribution < -0.4 is 22.3 Å². The Morgan fingerprint density at radius 1 is 1.12 bits per heavy atom. The van der Waals surface area contributed by atoms with Gasteiger partial charge in [-0.2, -0.15) is 10.2 Å². The highest BCUT2D eigenvalue weighted by Crippen LogP contribution is 2.20. The van der Waals surface area contributed by atoms with Gasteiger partial charge in [0.05, 0.1) is 17.1 Å². The van der Waals surface area contributed by atoms with Gasteiger partial charge in [0.25, 0.3) is 11.5 Å². The molecule has 5 aromatic rings. The summed E-state index contributed by atoms with van der Waals surface area (Å²) in [5, 5.41) is 15.0. The predicted molar refractivity (Wildman–Crippen MR) is 158 cm³/mol. The highest BCUT2D eigenvalue weighted by atomic mass is 16.1. The van der Waals surface area contributed by atoms with Gasteiger partial charge >= 0.3 is 0 Å². The lowest BCUT2D eigenvalue weighted by Crippen LogP contribution is -2.22. The fraction of sp³-hybridized carbons (Fsp3) is 0.200.